The second-order valence-corrected chi connectivity index (χ2v) is 6.99. The van der Waals surface area contributed by atoms with Crippen LogP contribution < -0.4 is 0 Å². The molecule has 0 amide bonds. The smallest absolute Gasteiger partial charge is 0.115 e. The lowest BCUT2D eigenvalue weighted by molar-refractivity contribution is 0.219. The van der Waals surface area contributed by atoms with Crippen molar-refractivity contribution in [3.8, 4) is 11.5 Å². The Bertz CT molecular complexity index is 630. The normalized spacial score (nSPS) is 28.5. The summed E-state index contributed by atoms with van der Waals surface area (Å²) in [4.78, 5) is 0. The molecule has 0 radical (unpaired) electrons. The van der Waals surface area contributed by atoms with Gasteiger partial charge < -0.3 is 10.2 Å². The molecule has 0 aromatic heterocycles. The zero-order valence-electron chi connectivity index (χ0n) is 13.3. The molecule has 2 aromatic carbocycles. The van der Waals surface area contributed by atoms with Gasteiger partial charge in [0, 0.05) is 0 Å². The van der Waals surface area contributed by atoms with Crippen molar-refractivity contribution in [3.05, 3.63) is 59.7 Å². The van der Waals surface area contributed by atoms with Gasteiger partial charge in [0.2, 0.25) is 0 Å². The third-order valence-electron chi connectivity index (χ3n) is 5.39. The lowest BCUT2D eigenvalue weighted by Gasteiger charge is -2.45. The van der Waals surface area contributed by atoms with Gasteiger partial charge in [-0.05, 0) is 71.9 Å². The Labute approximate surface area is 132 Å². The molecule has 3 atom stereocenters. The summed E-state index contributed by atoms with van der Waals surface area (Å²) in [6.45, 7) is 4.66. The van der Waals surface area contributed by atoms with Gasteiger partial charge in [-0.2, -0.15) is 0 Å². The van der Waals surface area contributed by atoms with Gasteiger partial charge in [0.1, 0.15) is 11.5 Å². The number of phenols is 2. The van der Waals surface area contributed by atoms with Crippen molar-refractivity contribution in [1.29, 1.82) is 0 Å². The zero-order chi connectivity index (χ0) is 15.7. The fourth-order valence-electron chi connectivity index (χ4n) is 3.90. The van der Waals surface area contributed by atoms with Crippen LogP contribution in [-0.4, -0.2) is 10.2 Å². The predicted molar refractivity (Wildman–Crippen MR) is 89.3 cm³/mol. The fraction of sp³-hybridized carbons (Fsp3) is 0.400. The van der Waals surface area contributed by atoms with Crippen LogP contribution in [0.5, 0.6) is 11.5 Å². The van der Waals surface area contributed by atoms with Gasteiger partial charge in [-0.15, -0.1) is 0 Å². The Morgan fingerprint density at radius 1 is 0.909 bits per heavy atom. The highest BCUT2D eigenvalue weighted by Crippen LogP contribution is 2.50. The molecule has 2 nitrogen and oxygen atoms in total. The molecule has 3 unspecified atom stereocenters. The first-order valence-corrected chi connectivity index (χ1v) is 8.07. The van der Waals surface area contributed by atoms with Gasteiger partial charge in [-0.25, -0.2) is 0 Å². The summed E-state index contributed by atoms with van der Waals surface area (Å²) in [6, 6.07) is 15.3. The van der Waals surface area contributed by atoms with E-state index in [1.165, 1.54) is 17.5 Å². The Balaban J connectivity index is 2.02. The van der Waals surface area contributed by atoms with Crippen LogP contribution >= 0.6 is 0 Å². The lowest BCUT2D eigenvalue weighted by atomic mass is 9.59. The van der Waals surface area contributed by atoms with E-state index in [0.717, 1.165) is 12.8 Å². The molecule has 1 aliphatic rings. The maximum absolute atomic E-state index is 9.57. The highest BCUT2D eigenvalue weighted by atomic mass is 16.3. The topological polar surface area (TPSA) is 40.5 Å². The molecule has 0 heterocycles. The SMILES string of the molecule is CC1CCC(C)(c2ccc(O)cc2)C(c2ccc(O)cc2)C1. The van der Waals surface area contributed by atoms with Crippen LogP contribution in [0, 0.1) is 5.92 Å². The monoisotopic (exact) mass is 296 g/mol. The second kappa shape index (κ2) is 5.68. The number of aromatic hydroxyl groups is 2. The van der Waals surface area contributed by atoms with Crippen LogP contribution in [0.2, 0.25) is 0 Å². The van der Waals surface area contributed by atoms with Crippen molar-refractivity contribution >= 4 is 0 Å². The van der Waals surface area contributed by atoms with Gasteiger partial charge in [0.25, 0.3) is 0 Å². The Hall–Kier alpha value is -1.96. The molecular weight excluding hydrogens is 272 g/mol. The van der Waals surface area contributed by atoms with Gasteiger partial charge >= 0.3 is 0 Å². The first kappa shape index (κ1) is 15.0. The van der Waals surface area contributed by atoms with Crippen LogP contribution in [0.15, 0.2) is 48.5 Å². The Morgan fingerprint density at radius 2 is 1.45 bits per heavy atom. The standard InChI is InChI=1S/C20H24O2/c1-14-11-12-20(2,16-5-9-18(22)10-6-16)19(13-14)15-3-7-17(21)8-4-15/h3-10,14,19,21-22H,11-13H2,1-2H3. The third-order valence-corrected chi connectivity index (χ3v) is 5.39. The molecule has 116 valence electrons. The van der Waals surface area contributed by atoms with Crippen LogP contribution in [-0.2, 0) is 5.41 Å². The molecule has 0 saturated heterocycles. The summed E-state index contributed by atoms with van der Waals surface area (Å²) in [7, 11) is 0. The average molecular weight is 296 g/mol. The summed E-state index contributed by atoms with van der Waals surface area (Å²) in [5.74, 6) is 1.78. The van der Waals surface area contributed by atoms with E-state index in [9.17, 15) is 10.2 Å². The van der Waals surface area contributed by atoms with Gasteiger partial charge in [-0.3, -0.25) is 0 Å². The van der Waals surface area contributed by atoms with Crippen LogP contribution in [0.25, 0.3) is 0 Å². The van der Waals surface area contributed by atoms with E-state index < -0.39 is 0 Å². The van der Waals surface area contributed by atoms with E-state index in [2.05, 4.69) is 38.1 Å². The number of hydrogen-bond acceptors (Lipinski definition) is 2. The summed E-state index contributed by atoms with van der Waals surface area (Å²) in [5, 5.41) is 19.1. The quantitative estimate of drug-likeness (QED) is 0.822. The number of benzene rings is 2. The average Bonchev–Trinajstić information content (AvgIpc) is 2.51. The lowest BCUT2D eigenvalue weighted by Crippen LogP contribution is -2.36. The molecule has 0 bridgehead atoms. The van der Waals surface area contributed by atoms with Crippen molar-refractivity contribution < 1.29 is 10.2 Å². The van der Waals surface area contributed by atoms with E-state index >= 15 is 0 Å². The minimum absolute atomic E-state index is 0.0666. The van der Waals surface area contributed by atoms with E-state index in [1.54, 1.807) is 24.3 Å². The largest absolute Gasteiger partial charge is 0.508 e. The molecular formula is C20H24O2. The number of rotatable bonds is 2. The van der Waals surface area contributed by atoms with Gasteiger partial charge in [0.05, 0.1) is 0 Å². The summed E-state index contributed by atoms with van der Waals surface area (Å²) >= 11 is 0. The Morgan fingerprint density at radius 3 is 2.05 bits per heavy atom. The zero-order valence-corrected chi connectivity index (χ0v) is 13.3. The fourth-order valence-corrected chi connectivity index (χ4v) is 3.90. The highest BCUT2D eigenvalue weighted by Gasteiger charge is 2.40. The van der Waals surface area contributed by atoms with E-state index in [4.69, 9.17) is 0 Å². The van der Waals surface area contributed by atoms with Gasteiger partial charge in [0.15, 0.2) is 0 Å². The van der Waals surface area contributed by atoms with Crippen molar-refractivity contribution in [1.82, 2.24) is 0 Å². The number of phenolic OH excluding ortho intramolecular Hbond substituents is 2. The maximum Gasteiger partial charge on any atom is 0.115 e. The maximum atomic E-state index is 9.57. The van der Waals surface area contributed by atoms with Crippen LogP contribution in [0.1, 0.15) is 50.2 Å². The molecule has 2 aromatic rings. The molecule has 2 N–H and O–H groups in total. The van der Waals surface area contributed by atoms with E-state index in [0.29, 0.717) is 23.3 Å². The Kier molecular flexibility index (Phi) is 3.86. The summed E-state index contributed by atoms with van der Waals surface area (Å²) < 4.78 is 0. The van der Waals surface area contributed by atoms with Crippen molar-refractivity contribution in [2.24, 2.45) is 5.92 Å². The molecule has 1 aliphatic carbocycles. The van der Waals surface area contributed by atoms with Crippen molar-refractivity contribution in [2.75, 3.05) is 0 Å². The molecule has 0 aliphatic heterocycles. The number of hydrogen-bond donors (Lipinski definition) is 2. The first-order chi connectivity index (χ1) is 10.5. The second-order valence-electron chi connectivity index (χ2n) is 6.99. The summed E-state index contributed by atoms with van der Waals surface area (Å²) in [5.41, 5.74) is 2.65. The molecule has 3 rings (SSSR count). The van der Waals surface area contributed by atoms with Crippen molar-refractivity contribution in [3.63, 3.8) is 0 Å². The molecule has 1 fully saturated rings. The minimum atomic E-state index is 0.0666. The molecule has 22 heavy (non-hydrogen) atoms. The molecule has 0 spiro atoms. The van der Waals surface area contributed by atoms with E-state index in [-0.39, 0.29) is 5.41 Å². The highest BCUT2D eigenvalue weighted by molar-refractivity contribution is 5.38. The molecule has 1 saturated carbocycles. The predicted octanol–water partition coefficient (Wildman–Crippen LogP) is 4.96. The first-order valence-electron chi connectivity index (χ1n) is 8.07. The van der Waals surface area contributed by atoms with Crippen LogP contribution in [0.3, 0.4) is 0 Å². The molecule has 2 heteroatoms. The minimum Gasteiger partial charge on any atom is -0.508 e. The van der Waals surface area contributed by atoms with E-state index in [1.807, 2.05) is 0 Å². The van der Waals surface area contributed by atoms with Gasteiger partial charge in [-0.1, -0.05) is 38.1 Å². The third kappa shape index (κ3) is 2.70. The van der Waals surface area contributed by atoms with Crippen molar-refractivity contribution in [2.45, 2.75) is 44.4 Å². The van der Waals surface area contributed by atoms with Crippen LogP contribution in [0.4, 0.5) is 0 Å². The summed E-state index contributed by atoms with van der Waals surface area (Å²) in [6.07, 6.45) is 3.53.